The molecule has 1 nitrogen and oxygen atoms in total. The first kappa shape index (κ1) is 14.1. The first-order valence-corrected chi connectivity index (χ1v) is 8.52. The summed E-state index contributed by atoms with van der Waals surface area (Å²) in [5.74, 6) is 0.835. The molecule has 20 heavy (non-hydrogen) atoms. The minimum absolute atomic E-state index is 0.476. The molecule has 0 aliphatic heterocycles. The van der Waals surface area contributed by atoms with Crippen LogP contribution in [-0.2, 0) is 6.42 Å². The Morgan fingerprint density at radius 3 is 2.60 bits per heavy atom. The van der Waals surface area contributed by atoms with Crippen LogP contribution in [0.2, 0.25) is 5.02 Å². The maximum atomic E-state index is 5.94. The minimum Gasteiger partial charge on any atom is -0.306 e. The third-order valence-corrected chi connectivity index (χ3v) is 5.07. The molecule has 3 heteroatoms. The number of hydrogen-bond donors (Lipinski definition) is 1. The second-order valence-corrected chi connectivity index (χ2v) is 7.14. The fourth-order valence-corrected chi connectivity index (χ4v) is 3.69. The van der Waals surface area contributed by atoms with Crippen LogP contribution < -0.4 is 5.32 Å². The molecular weight excluding hydrogens is 286 g/mol. The Morgan fingerprint density at radius 1 is 1.25 bits per heavy atom. The standard InChI is InChI=1S/C17H20ClNS/c1-12(11-13-4-8-15(18)9-5-13)19-17(14-6-7-14)16-3-2-10-20-16/h2-5,8-10,12,14,17,19H,6-7,11H2,1H3. The highest BCUT2D eigenvalue weighted by molar-refractivity contribution is 7.10. The number of halogens is 1. The van der Waals surface area contributed by atoms with Crippen LogP contribution in [0, 0.1) is 5.92 Å². The smallest absolute Gasteiger partial charge is 0.0445 e. The lowest BCUT2D eigenvalue weighted by atomic mass is 10.0. The Morgan fingerprint density at radius 2 is 2.00 bits per heavy atom. The number of nitrogens with one attached hydrogen (secondary N) is 1. The van der Waals surface area contributed by atoms with E-state index in [1.54, 1.807) is 0 Å². The van der Waals surface area contributed by atoms with Crippen molar-refractivity contribution in [2.75, 3.05) is 0 Å². The average Bonchev–Trinajstić information content (AvgIpc) is 3.13. The van der Waals surface area contributed by atoms with Gasteiger partial charge in [0, 0.05) is 22.0 Å². The first-order chi connectivity index (χ1) is 9.72. The monoisotopic (exact) mass is 305 g/mol. The highest BCUT2D eigenvalue weighted by Gasteiger charge is 2.33. The van der Waals surface area contributed by atoms with E-state index in [1.807, 2.05) is 23.5 Å². The highest BCUT2D eigenvalue weighted by atomic mass is 35.5. The Balaban J connectivity index is 1.62. The molecule has 1 aliphatic rings. The molecule has 1 aromatic carbocycles. The largest absolute Gasteiger partial charge is 0.306 e. The van der Waals surface area contributed by atoms with Crippen LogP contribution in [0.25, 0.3) is 0 Å². The molecule has 1 N–H and O–H groups in total. The molecule has 0 bridgehead atoms. The van der Waals surface area contributed by atoms with E-state index >= 15 is 0 Å². The van der Waals surface area contributed by atoms with Crippen LogP contribution in [0.15, 0.2) is 41.8 Å². The number of thiophene rings is 1. The van der Waals surface area contributed by atoms with E-state index in [0.717, 1.165) is 17.4 Å². The van der Waals surface area contributed by atoms with Gasteiger partial charge in [0.05, 0.1) is 0 Å². The summed E-state index contributed by atoms with van der Waals surface area (Å²) in [7, 11) is 0. The molecule has 2 aromatic rings. The number of benzene rings is 1. The van der Waals surface area contributed by atoms with Gasteiger partial charge in [-0.15, -0.1) is 11.3 Å². The Bertz CT molecular complexity index is 531. The molecule has 1 fully saturated rings. The van der Waals surface area contributed by atoms with Gasteiger partial charge in [-0.1, -0.05) is 29.8 Å². The maximum absolute atomic E-state index is 5.94. The molecule has 0 saturated heterocycles. The van der Waals surface area contributed by atoms with Crippen LogP contribution in [0.1, 0.15) is 36.2 Å². The lowest BCUT2D eigenvalue weighted by Crippen LogP contribution is -2.32. The van der Waals surface area contributed by atoms with Gasteiger partial charge < -0.3 is 5.32 Å². The molecule has 1 saturated carbocycles. The van der Waals surface area contributed by atoms with Gasteiger partial charge in [0.1, 0.15) is 0 Å². The summed E-state index contributed by atoms with van der Waals surface area (Å²) in [6, 6.07) is 13.6. The van der Waals surface area contributed by atoms with Crippen molar-refractivity contribution in [3.8, 4) is 0 Å². The fraction of sp³-hybridized carbons (Fsp3) is 0.412. The molecule has 0 spiro atoms. The van der Waals surface area contributed by atoms with E-state index in [-0.39, 0.29) is 0 Å². The van der Waals surface area contributed by atoms with E-state index in [2.05, 4.69) is 41.9 Å². The minimum atomic E-state index is 0.476. The van der Waals surface area contributed by atoms with Crippen molar-refractivity contribution in [3.05, 3.63) is 57.2 Å². The van der Waals surface area contributed by atoms with Gasteiger partial charge in [0.25, 0.3) is 0 Å². The second-order valence-electron chi connectivity index (χ2n) is 5.73. The van der Waals surface area contributed by atoms with Crippen molar-refractivity contribution in [2.24, 2.45) is 5.92 Å². The maximum Gasteiger partial charge on any atom is 0.0445 e. The number of rotatable bonds is 6. The van der Waals surface area contributed by atoms with E-state index in [1.165, 1.54) is 23.3 Å². The molecule has 0 amide bonds. The van der Waals surface area contributed by atoms with Crippen molar-refractivity contribution in [3.63, 3.8) is 0 Å². The molecule has 0 radical (unpaired) electrons. The molecule has 3 rings (SSSR count). The van der Waals surface area contributed by atoms with Crippen LogP contribution in [-0.4, -0.2) is 6.04 Å². The van der Waals surface area contributed by atoms with Crippen molar-refractivity contribution < 1.29 is 0 Å². The van der Waals surface area contributed by atoms with Gasteiger partial charge in [-0.25, -0.2) is 0 Å². The topological polar surface area (TPSA) is 12.0 Å². The van der Waals surface area contributed by atoms with Gasteiger partial charge in [-0.2, -0.15) is 0 Å². The van der Waals surface area contributed by atoms with Crippen LogP contribution in [0.5, 0.6) is 0 Å². The lowest BCUT2D eigenvalue weighted by Gasteiger charge is -2.22. The molecule has 1 aromatic heterocycles. The summed E-state index contributed by atoms with van der Waals surface area (Å²) in [5, 5.41) is 6.81. The van der Waals surface area contributed by atoms with Crippen molar-refractivity contribution in [1.29, 1.82) is 0 Å². The lowest BCUT2D eigenvalue weighted by molar-refractivity contribution is 0.422. The molecule has 106 valence electrons. The summed E-state index contributed by atoms with van der Waals surface area (Å²) in [6.07, 6.45) is 3.78. The van der Waals surface area contributed by atoms with E-state index in [4.69, 9.17) is 11.6 Å². The zero-order valence-corrected chi connectivity index (χ0v) is 13.3. The van der Waals surface area contributed by atoms with E-state index in [9.17, 15) is 0 Å². The third kappa shape index (κ3) is 3.63. The normalized spacial score (nSPS) is 17.9. The van der Waals surface area contributed by atoms with Crippen molar-refractivity contribution in [2.45, 2.75) is 38.3 Å². The quantitative estimate of drug-likeness (QED) is 0.785. The Labute approximate surface area is 130 Å². The summed E-state index contributed by atoms with van der Waals surface area (Å²) >= 11 is 7.81. The van der Waals surface area contributed by atoms with E-state index in [0.29, 0.717) is 12.1 Å². The van der Waals surface area contributed by atoms with Gasteiger partial charge in [0.2, 0.25) is 0 Å². The SMILES string of the molecule is CC(Cc1ccc(Cl)cc1)NC(c1cccs1)C1CC1. The Hall–Kier alpha value is -0.830. The van der Waals surface area contributed by atoms with Gasteiger partial charge >= 0.3 is 0 Å². The highest BCUT2D eigenvalue weighted by Crippen LogP contribution is 2.42. The third-order valence-electron chi connectivity index (χ3n) is 3.86. The Kier molecular flexibility index (Phi) is 4.45. The molecule has 2 atom stereocenters. The summed E-state index contributed by atoms with van der Waals surface area (Å²) < 4.78 is 0. The van der Waals surface area contributed by atoms with Crippen molar-refractivity contribution in [1.82, 2.24) is 5.32 Å². The molecule has 1 aliphatic carbocycles. The summed E-state index contributed by atoms with van der Waals surface area (Å²) in [6.45, 7) is 2.28. The predicted molar refractivity (Wildman–Crippen MR) is 87.5 cm³/mol. The zero-order valence-electron chi connectivity index (χ0n) is 11.7. The molecular formula is C17H20ClNS. The van der Waals surface area contributed by atoms with Gasteiger partial charge in [0.15, 0.2) is 0 Å². The molecule has 1 heterocycles. The number of hydrogen-bond acceptors (Lipinski definition) is 2. The fourth-order valence-electron chi connectivity index (χ4n) is 2.69. The van der Waals surface area contributed by atoms with Gasteiger partial charge in [-0.05, 0) is 61.2 Å². The van der Waals surface area contributed by atoms with E-state index < -0.39 is 0 Å². The van der Waals surface area contributed by atoms with Crippen molar-refractivity contribution >= 4 is 22.9 Å². The van der Waals surface area contributed by atoms with Crippen LogP contribution in [0.4, 0.5) is 0 Å². The van der Waals surface area contributed by atoms with Crippen LogP contribution in [0.3, 0.4) is 0 Å². The second kappa shape index (κ2) is 6.30. The summed E-state index contributed by atoms with van der Waals surface area (Å²) in [5.41, 5.74) is 1.34. The molecule has 2 unspecified atom stereocenters. The average molecular weight is 306 g/mol. The van der Waals surface area contributed by atoms with Crippen LogP contribution >= 0.6 is 22.9 Å². The first-order valence-electron chi connectivity index (χ1n) is 7.26. The summed E-state index contributed by atoms with van der Waals surface area (Å²) in [4.78, 5) is 1.48. The zero-order chi connectivity index (χ0) is 13.9. The van der Waals surface area contributed by atoms with Gasteiger partial charge in [-0.3, -0.25) is 0 Å². The predicted octanol–water partition coefficient (Wildman–Crippen LogP) is 5.07.